The summed E-state index contributed by atoms with van der Waals surface area (Å²) in [6.07, 6.45) is 0. The molecule has 10 heavy (non-hydrogen) atoms. The number of nitrogens with two attached hydrogens (primary N) is 1. The highest BCUT2D eigenvalue weighted by Crippen LogP contribution is 2.03. The fraction of sp³-hybridized carbons (Fsp3) is 0. The summed E-state index contributed by atoms with van der Waals surface area (Å²) in [5.41, 5.74) is 1.60. The first-order chi connectivity index (χ1) is 4.86. The second-order valence-corrected chi connectivity index (χ2v) is 1.85. The van der Waals surface area contributed by atoms with Gasteiger partial charge in [-0.1, -0.05) is 0 Å². The summed E-state index contributed by atoms with van der Waals surface area (Å²) in [6.45, 7) is 0. The van der Waals surface area contributed by atoms with Crippen LogP contribution < -0.4 is 10.7 Å². The SMILES string of the molecule is O=[NH+]c1cccc([NH2+][O-])c1. The zero-order valence-corrected chi connectivity index (χ0v) is 5.20. The van der Waals surface area contributed by atoms with Gasteiger partial charge in [-0.15, -0.1) is 0 Å². The van der Waals surface area contributed by atoms with Gasteiger partial charge in [-0.3, -0.25) is 0 Å². The van der Waals surface area contributed by atoms with E-state index in [-0.39, 0.29) is 0 Å². The topological polar surface area (TPSA) is 70.7 Å². The van der Waals surface area contributed by atoms with Crippen LogP contribution in [0, 0.1) is 10.1 Å². The molecule has 1 rings (SSSR count). The standard InChI is InChI=1S/C6H6N2O2/c9-7-5-2-1-3-6(4-5)8-10/h1-4H,7H2/p+1. The lowest BCUT2D eigenvalue weighted by Crippen LogP contribution is -2.70. The van der Waals surface area contributed by atoms with E-state index in [1.54, 1.807) is 23.4 Å². The third-order valence-electron chi connectivity index (χ3n) is 1.14. The van der Waals surface area contributed by atoms with Gasteiger partial charge in [0.25, 0.3) is 5.69 Å². The van der Waals surface area contributed by atoms with Crippen molar-refractivity contribution in [2.45, 2.75) is 0 Å². The smallest absolute Gasteiger partial charge is 0.259 e. The minimum Gasteiger partial charge on any atom is -0.630 e. The van der Waals surface area contributed by atoms with Crippen molar-refractivity contribution >= 4 is 11.4 Å². The first-order valence-corrected chi connectivity index (χ1v) is 2.80. The summed E-state index contributed by atoms with van der Waals surface area (Å²) < 4.78 is 0. The van der Waals surface area contributed by atoms with Crippen LogP contribution in [0.3, 0.4) is 0 Å². The molecule has 0 aliphatic heterocycles. The monoisotopic (exact) mass is 139 g/mol. The van der Waals surface area contributed by atoms with Crippen molar-refractivity contribution in [2.75, 3.05) is 0 Å². The third kappa shape index (κ3) is 1.37. The van der Waals surface area contributed by atoms with Crippen LogP contribution in [0.2, 0.25) is 0 Å². The summed E-state index contributed by atoms with van der Waals surface area (Å²) >= 11 is 0. The Kier molecular flexibility index (Phi) is 2.09. The predicted molar refractivity (Wildman–Crippen MR) is 35.4 cm³/mol. The van der Waals surface area contributed by atoms with Crippen molar-refractivity contribution in [3.63, 3.8) is 0 Å². The molecule has 0 atom stereocenters. The van der Waals surface area contributed by atoms with Crippen molar-refractivity contribution in [2.24, 2.45) is 0 Å². The second-order valence-electron chi connectivity index (χ2n) is 1.85. The number of benzene rings is 1. The van der Waals surface area contributed by atoms with E-state index in [4.69, 9.17) is 0 Å². The van der Waals surface area contributed by atoms with Crippen LogP contribution in [-0.4, -0.2) is 0 Å². The molecule has 0 spiro atoms. The summed E-state index contributed by atoms with van der Waals surface area (Å²) in [7, 11) is 0. The zero-order chi connectivity index (χ0) is 7.40. The Hall–Kier alpha value is -1.26. The summed E-state index contributed by atoms with van der Waals surface area (Å²) in [6, 6.07) is 6.36. The van der Waals surface area contributed by atoms with Crippen LogP contribution in [0.15, 0.2) is 24.3 Å². The molecule has 0 bridgehead atoms. The van der Waals surface area contributed by atoms with E-state index >= 15 is 0 Å². The van der Waals surface area contributed by atoms with Gasteiger partial charge >= 0.3 is 0 Å². The lowest BCUT2D eigenvalue weighted by Gasteiger charge is -1.97. The molecular weight excluding hydrogens is 132 g/mol. The maximum atomic E-state index is 10.1. The van der Waals surface area contributed by atoms with Gasteiger partial charge in [-0.2, -0.15) is 0 Å². The van der Waals surface area contributed by atoms with Gasteiger partial charge in [0.1, 0.15) is 5.69 Å². The molecule has 0 saturated heterocycles. The van der Waals surface area contributed by atoms with Crippen molar-refractivity contribution in [3.05, 3.63) is 34.4 Å². The molecule has 4 nitrogen and oxygen atoms in total. The Morgan fingerprint density at radius 1 is 1.50 bits per heavy atom. The van der Waals surface area contributed by atoms with Crippen molar-refractivity contribution in [3.8, 4) is 0 Å². The Bertz CT molecular complexity index is 237. The predicted octanol–water partition coefficient (Wildman–Crippen LogP) is -1.14. The number of hydrogen-bond donors (Lipinski definition) is 2. The van der Waals surface area contributed by atoms with E-state index in [1.165, 1.54) is 6.07 Å². The zero-order valence-electron chi connectivity index (χ0n) is 5.20. The molecule has 0 heterocycles. The fourth-order valence-electron chi connectivity index (χ4n) is 0.675. The maximum Gasteiger partial charge on any atom is 0.259 e. The molecular formula is C6H7N2O2+. The average molecular weight is 139 g/mol. The molecule has 0 radical (unpaired) electrons. The minimum absolute atomic E-state index is 0.407. The van der Waals surface area contributed by atoms with Crippen LogP contribution >= 0.6 is 0 Å². The molecule has 3 N–H and O–H groups in total. The summed E-state index contributed by atoms with van der Waals surface area (Å²) in [4.78, 5) is 10.0. The van der Waals surface area contributed by atoms with Crippen LogP contribution in [0.25, 0.3) is 0 Å². The van der Waals surface area contributed by atoms with Gasteiger partial charge in [-0.25, -0.2) is 0 Å². The van der Waals surface area contributed by atoms with Gasteiger partial charge in [0.05, 0.1) is 6.07 Å². The van der Waals surface area contributed by atoms with Crippen LogP contribution in [-0.2, 0) is 0 Å². The van der Waals surface area contributed by atoms with E-state index in [0.29, 0.717) is 16.9 Å². The van der Waals surface area contributed by atoms with E-state index in [0.717, 1.165) is 0 Å². The van der Waals surface area contributed by atoms with E-state index in [2.05, 4.69) is 0 Å². The molecule has 1 aromatic rings. The molecule has 4 heteroatoms. The largest absolute Gasteiger partial charge is 0.630 e. The number of rotatable bonds is 2. The summed E-state index contributed by atoms with van der Waals surface area (Å²) in [5.74, 6) is 0. The van der Waals surface area contributed by atoms with Gasteiger partial charge in [0.2, 0.25) is 0 Å². The molecule has 1 aromatic carbocycles. The Morgan fingerprint density at radius 2 is 2.30 bits per heavy atom. The molecule has 0 amide bonds. The van der Waals surface area contributed by atoms with E-state index in [9.17, 15) is 10.1 Å². The number of quaternary nitrogens is 1. The van der Waals surface area contributed by atoms with Gasteiger partial charge in [-0.05, 0) is 12.1 Å². The highest BCUT2D eigenvalue weighted by Gasteiger charge is 1.98. The lowest BCUT2D eigenvalue weighted by molar-refractivity contribution is -0.497. The number of nitroso groups, excluding NO2 is 1. The highest BCUT2D eigenvalue weighted by molar-refractivity contribution is 5.40. The average Bonchev–Trinajstić information content (AvgIpc) is 2.05. The minimum atomic E-state index is 0.407. The molecule has 0 fully saturated rings. The Balaban J connectivity index is 2.98. The Morgan fingerprint density at radius 3 is 2.90 bits per heavy atom. The number of hydrogen-bond acceptors (Lipinski definition) is 2. The summed E-state index contributed by atoms with van der Waals surface area (Å²) in [5, 5.41) is 11.8. The van der Waals surface area contributed by atoms with Crippen molar-refractivity contribution in [1.82, 2.24) is 0 Å². The van der Waals surface area contributed by atoms with Gasteiger partial charge < -0.3 is 10.7 Å². The Labute approximate surface area is 57.4 Å². The van der Waals surface area contributed by atoms with Crippen molar-refractivity contribution < 1.29 is 10.7 Å². The van der Waals surface area contributed by atoms with Gasteiger partial charge in [0, 0.05) is 16.2 Å². The van der Waals surface area contributed by atoms with Crippen molar-refractivity contribution in [1.29, 1.82) is 0 Å². The fourth-order valence-corrected chi connectivity index (χ4v) is 0.675. The molecule has 52 valence electrons. The molecule has 0 saturated carbocycles. The first kappa shape index (κ1) is 6.85. The second kappa shape index (κ2) is 3.05. The van der Waals surface area contributed by atoms with E-state index < -0.39 is 0 Å². The number of nitrogens with one attached hydrogen (secondary N) is 1. The van der Waals surface area contributed by atoms with Crippen LogP contribution in [0.4, 0.5) is 11.4 Å². The first-order valence-electron chi connectivity index (χ1n) is 2.80. The maximum absolute atomic E-state index is 10.1. The third-order valence-corrected chi connectivity index (χ3v) is 1.14. The normalized spacial score (nSPS) is 9.30. The van der Waals surface area contributed by atoms with Gasteiger partial charge in [0.15, 0.2) is 0 Å². The molecule has 0 unspecified atom stereocenters. The van der Waals surface area contributed by atoms with Crippen LogP contribution in [0.5, 0.6) is 0 Å². The molecule has 0 aliphatic rings. The molecule has 0 aliphatic carbocycles. The molecule has 0 aromatic heterocycles. The highest BCUT2D eigenvalue weighted by atomic mass is 16.5. The van der Waals surface area contributed by atoms with E-state index in [1.807, 2.05) is 0 Å². The van der Waals surface area contributed by atoms with Crippen LogP contribution in [0.1, 0.15) is 0 Å². The quantitative estimate of drug-likeness (QED) is 0.401. The lowest BCUT2D eigenvalue weighted by atomic mass is 10.3.